The van der Waals surface area contributed by atoms with Crippen LogP contribution in [0.2, 0.25) is 0 Å². The molecular formula is C15H14N2O. The molecule has 0 bridgehead atoms. The Morgan fingerprint density at radius 1 is 1.11 bits per heavy atom. The van der Waals surface area contributed by atoms with Gasteiger partial charge >= 0.3 is 0 Å². The highest BCUT2D eigenvalue weighted by atomic mass is 16.3. The number of aryl methyl sites for hydroxylation is 1. The summed E-state index contributed by atoms with van der Waals surface area (Å²) in [6, 6.07) is 14.2. The minimum Gasteiger partial charge on any atom is -0.463 e. The van der Waals surface area contributed by atoms with Gasteiger partial charge in [-0.05, 0) is 30.7 Å². The number of nitrogens with zero attached hydrogens (tertiary/aromatic N) is 2. The second-order valence-corrected chi connectivity index (χ2v) is 4.36. The fourth-order valence-corrected chi connectivity index (χ4v) is 1.89. The van der Waals surface area contributed by atoms with Crippen LogP contribution >= 0.6 is 0 Å². The summed E-state index contributed by atoms with van der Waals surface area (Å²) in [7, 11) is 0. The zero-order valence-corrected chi connectivity index (χ0v) is 10.2. The second-order valence-electron chi connectivity index (χ2n) is 4.36. The minimum atomic E-state index is 0.779. The van der Waals surface area contributed by atoms with Gasteiger partial charge in [-0.1, -0.05) is 29.8 Å². The van der Waals surface area contributed by atoms with E-state index < -0.39 is 0 Å². The Hall–Kier alpha value is -2.29. The largest absolute Gasteiger partial charge is 0.463 e. The Bertz CT molecular complexity index is 621. The van der Waals surface area contributed by atoms with Gasteiger partial charge in [0, 0.05) is 6.20 Å². The van der Waals surface area contributed by atoms with Crippen LogP contribution in [0.1, 0.15) is 11.1 Å². The average molecular weight is 238 g/mol. The van der Waals surface area contributed by atoms with E-state index in [1.54, 1.807) is 6.26 Å². The highest BCUT2D eigenvalue weighted by molar-refractivity contribution is 5.50. The number of benzene rings is 1. The van der Waals surface area contributed by atoms with E-state index in [-0.39, 0.29) is 0 Å². The van der Waals surface area contributed by atoms with E-state index in [4.69, 9.17) is 4.42 Å². The first-order chi connectivity index (χ1) is 8.81. The molecule has 0 spiro atoms. The van der Waals surface area contributed by atoms with Gasteiger partial charge < -0.3 is 4.42 Å². The number of aromatic nitrogens is 2. The maximum absolute atomic E-state index is 5.32. The molecule has 0 radical (unpaired) electrons. The smallest absolute Gasteiger partial charge is 0.154 e. The van der Waals surface area contributed by atoms with Crippen LogP contribution in [0.5, 0.6) is 0 Å². The van der Waals surface area contributed by atoms with Crippen molar-refractivity contribution in [3.63, 3.8) is 0 Å². The lowest BCUT2D eigenvalue weighted by Gasteiger charge is -2.02. The molecule has 0 unspecified atom stereocenters. The maximum Gasteiger partial charge on any atom is 0.154 e. The van der Waals surface area contributed by atoms with E-state index in [9.17, 15) is 0 Å². The van der Waals surface area contributed by atoms with E-state index >= 15 is 0 Å². The van der Waals surface area contributed by atoms with Crippen molar-refractivity contribution in [2.24, 2.45) is 0 Å². The van der Waals surface area contributed by atoms with Gasteiger partial charge in [0.1, 0.15) is 5.69 Å². The van der Waals surface area contributed by atoms with Crippen molar-refractivity contribution in [3.05, 3.63) is 66.1 Å². The van der Waals surface area contributed by atoms with Crippen LogP contribution in [0.15, 0.2) is 59.3 Å². The van der Waals surface area contributed by atoms with Crippen molar-refractivity contribution in [3.8, 4) is 11.5 Å². The molecule has 3 nitrogen and oxygen atoms in total. The van der Waals surface area contributed by atoms with Gasteiger partial charge in [0.2, 0.25) is 0 Å². The molecule has 3 heteroatoms. The molecule has 0 saturated heterocycles. The Kier molecular flexibility index (Phi) is 2.73. The first-order valence-electron chi connectivity index (χ1n) is 5.94. The first-order valence-corrected chi connectivity index (χ1v) is 5.94. The van der Waals surface area contributed by atoms with Crippen molar-refractivity contribution in [1.82, 2.24) is 9.78 Å². The van der Waals surface area contributed by atoms with Gasteiger partial charge in [0.15, 0.2) is 5.76 Å². The molecule has 18 heavy (non-hydrogen) atoms. The number of hydrogen-bond donors (Lipinski definition) is 0. The summed E-state index contributed by atoms with van der Waals surface area (Å²) >= 11 is 0. The van der Waals surface area contributed by atoms with Gasteiger partial charge in [-0.15, -0.1) is 0 Å². The number of hydrogen-bond acceptors (Lipinski definition) is 2. The van der Waals surface area contributed by atoms with Crippen LogP contribution in [0.3, 0.4) is 0 Å². The first kappa shape index (κ1) is 10.8. The van der Waals surface area contributed by atoms with Crippen LogP contribution in [0.25, 0.3) is 11.5 Å². The van der Waals surface area contributed by atoms with Crippen molar-refractivity contribution in [2.45, 2.75) is 13.5 Å². The third kappa shape index (κ3) is 2.20. The molecule has 2 heterocycles. The molecule has 3 aromatic rings. The normalized spacial score (nSPS) is 10.7. The van der Waals surface area contributed by atoms with Gasteiger partial charge in [-0.3, -0.25) is 4.68 Å². The fourth-order valence-electron chi connectivity index (χ4n) is 1.89. The zero-order chi connectivity index (χ0) is 12.4. The van der Waals surface area contributed by atoms with Crippen molar-refractivity contribution in [2.75, 3.05) is 0 Å². The molecular weight excluding hydrogens is 224 g/mol. The summed E-state index contributed by atoms with van der Waals surface area (Å²) < 4.78 is 7.24. The molecule has 2 aromatic heterocycles. The van der Waals surface area contributed by atoms with Crippen molar-refractivity contribution < 1.29 is 4.42 Å². The summed E-state index contributed by atoms with van der Waals surface area (Å²) in [6.45, 7) is 2.87. The standard InChI is InChI=1S/C15H14N2O/c1-12-4-6-13(7-5-12)11-17-9-8-14(16-17)15-3-2-10-18-15/h2-10H,11H2,1H3. The lowest BCUT2D eigenvalue weighted by molar-refractivity contribution is 0.576. The fraction of sp³-hybridized carbons (Fsp3) is 0.133. The number of furan rings is 1. The quantitative estimate of drug-likeness (QED) is 0.699. The summed E-state index contributed by atoms with van der Waals surface area (Å²) in [5, 5.41) is 4.49. The predicted octanol–water partition coefficient (Wildman–Crippen LogP) is 3.50. The zero-order valence-electron chi connectivity index (χ0n) is 10.2. The average Bonchev–Trinajstić information content (AvgIpc) is 3.02. The molecule has 0 fully saturated rings. The SMILES string of the molecule is Cc1ccc(Cn2ccc(-c3ccco3)n2)cc1. The predicted molar refractivity (Wildman–Crippen MR) is 70.2 cm³/mol. The van der Waals surface area contributed by atoms with Crippen molar-refractivity contribution >= 4 is 0 Å². The van der Waals surface area contributed by atoms with Crippen LogP contribution in [-0.4, -0.2) is 9.78 Å². The molecule has 0 N–H and O–H groups in total. The Morgan fingerprint density at radius 3 is 2.67 bits per heavy atom. The van der Waals surface area contributed by atoms with E-state index in [2.05, 4.69) is 36.3 Å². The molecule has 0 atom stereocenters. The summed E-state index contributed by atoms with van der Waals surface area (Å²) in [4.78, 5) is 0. The molecule has 0 aliphatic rings. The second kappa shape index (κ2) is 4.53. The van der Waals surface area contributed by atoms with E-state index in [0.29, 0.717) is 0 Å². The molecule has 0 aliphatic heterocycles. The van der Waals surface area contributed by atoms with Crippen LogP contribution < -0.4 is 0 Å². The summed E-state index contributed by atoms with van der Waals surface area (Å²) in [5.41, 5.74) is 3.39. The van der Waals surface area contributed by atoms with Crippen LogP contribution in [0.4, 0.5) is 0 Å². The third-order valence-corrected chi connectivity index (χ3v) is 2.88. The van der Waals surface area contributed by atoms with Gasteiger partial charge in [-0.25, -0.2) is 0 Å². The van der Waals surface area contributed by atoms with Crippen LogP contribution in [0, 0.1) is 6.92 Å². The molecule has 3 rings (SSSR count). The minimum absolute atomic E-state index is 0.779. The van der Waals surface area contributed by atoms with E-state index in [0.717, 1.165) is 18.0 Å². The van der Waals surface area contributed by atoms with Gasteiger partial charge in [-0.2, -0.15) is 5.10 Å². The molecule has 0 amide bonds. The lowest BCUT2D eigenvalue weighted by atomic mass is 10.1. The summed E-state index contributed by atoms with van der Waals surface area (Å²) in [6.07, 6.45) is 3.63. The van der Waals surface area contributed by atoms with E-state index in [1.165, 1.54) is 11.1 Å². The Morgan fingerprint density at radius 2 is 1.94 bits per heavy atom. The van der Waals surface area contributed by atoms with E-state index in [1.807, 2.05) is 29.1 Å². The number of rotatable bonds is 3. The van der Waals surface area contributed by atoms with Gasteiger partial charge in [0.25, 0.3) is 0 Å². The molecule has 0 saturated carbocycles. The monoisotopic (exact) mass is 238 g/mol. The Balaban J connectivity index is 1.80. The van der Waals surface area contributed by atoms with Crippen LogP contribution in [-0.2, 0) is 6.54 Å². The van der Waals surface area contributed by atoms with Crippen molar-refractivity contribution in [1.29, 1.82) is 0 Å². The third-order valence-electron chi connectivity index (χ3n) is 2.88. The van der Waals surface area contributed by atoms with Gasteiger partial charge in [0.05, 0.1) is 12.8 Å². The summed E-state index contributed by atoms with van der Waals surface area (Å²) in [5.74, 6) is 0.803. The maximum atomic E-state index is 5.32. The lowest BCUT2D eigenvalue weighted by Crippen LogP contribution is -2.00. The molecule has 0 aliphatic carbocycles. The molecule has 90 valence electrons. The highest BCUT2D eigenvalue weighted by Crippen LogP contribution is 2.17. The Labute approximate surface area is 106 Å². The topological polar surface area (TPSA) is 31.0 Å². The molecule has 1 aromatic carbocycles. The highest BCUT2D eigenvalue weighted by Gasteiger charge is 2.04.